The highest BCUT2D eigenvalue weighted by Crippen LogP contribution is 2.37. The van der Waals surface area contributed by atoms with Crippen molar-refractivity contribution in [2.75, 3.05) is 0 Å². The summed E-state index contributed by atoms with van der Waals surface area (Å²) in [6, 6.07) is 0. The van der Waals surface area contributed by atoms with E-state index in [2.05, 4.69) is 12.2 Å². The summed E-state index contributed by atoms with van der Waals surface area (Å²) < 4.78 is 0. The van der Waals surface area contributed by atoms with Gasteiger partial charge in [0.15, 0.2) is 0 Å². The van der Waals surface area contributed by atoms with Gasteiger partial charge in [-0.2, -0.15) is 0 Å². The van der Waals surface area contributed by atoms with Crippen LogP contribution in [0.5, 0.6) is 0 Å². The molecule has 120 valence electrons. The van der Waals surface area contributed by atoms with Crippen LogP contribution in [-0.4, -0.2) is 0 Å². The molecule has 0 amide bonds. The average molecular weight is 289 g/mol. The summed E-state index contributed by atoms with van der Waals surface area (Å²) in [6.07, 6.45) is 27.8. The molecule has 0 heteroatoms. The van der Waals surface area contributed by atoms with Crippen LogP contribution in [0.1, 0.15) is 96.3 Å². The topological polar surface area (TPSA) is 0 Å². The summed E-state index contributed by atoms with van der Waals surface area (Å²) in [5.74, 6) is 4.03. The Morgan fingerprint density at radius 1 is 0.476 bits per heavy atom. The van der Waals surface area contributed by atoms with Gasteiger partial charge < -0.3 is 0 Å². The first-order chi connectivity index (χ1) is 10.4. The van der Waals surface area contributed by atoms with E-state index in [9.17, 15) is 0 Å². The maximum absolute atomic E-state index is 2.62. The van der Waals surface area contributed by atoms with Crippen molar-refractivity contribution in [3.05, 3.63) is 12.2 Å². The lowest BCUT2D eigenvalue weighted by atomic mass is 9.74. The van der Waals surface area contributed by atoms with Crippen LogP contribution in [0.2, 0.25) is 0 Å². The second-order valence-corrected chi connectivity index (χ2v) is 8.30. The van der Waals surface area contributed by atoms with Gasteiger partial charge in [-0.25, -0.2) is 0 Å². The Balaban J connectivity index is 1.35. The van der Waals surface area contributed by atoms with Crippen molar-refractivity contribution >= 4 is 0 Å². The predicted molar refractivity (Wildman–Crippen MR) is 92.4 cm³/mol. The molecule has 0 bridgehead atoms. The molecule has 0 aromatic rings. The van der Waals surface area contributed by atoms with E-state index in [0.29, 0.717) is 0 Å². The van der Waals surface area contributed by atoms with Gasteiger partial charge in [-0.3, -0.25) is 0 Å². The average Bonchev–Trinajstić information content (AvgIpc) is 2.56. The number of allylic oxidation sites excluding steroid dienone is 2. The van der Waals surface area contributed by atoms with Crippen LogP contribution in [-0.2, 0) is 0 Å². The van der Waals surface area contributed by atoms with Gasteiger partial charge in [-0.15, -0.1) is 0 Å². The van der Waals surface area contributed by atoms with Gasteiger partial charge in [0, 0.05) is 0 Å². The lowest BCUT2D eigenvalue weighted by molar-refractivity contribution is 0.226. The van der Waals surface area contributed by atoms with E-state index in [1.807, 2.05) is 0 Å². The third-order valence-corrected chi connectivity index (χ3v) is 6.59. The van der Waals surface area contributed by atoms with E-state index in [-0.39, 0.29) is 0 Å². The molecule has 0 spiro atoms. The van der Waals surface area contributed by atoms with Crippen LogP contribution >= 0.6 is 0 Å². The summed E-state index contributed by atoms with van der Waals surface area (Å²) in [5.41, 5.74) is 0. The van der Waals surface area contributed by atoms with Crippen molar-refractivity contribution < 1.29 is 0 Å². The van der Waals surface area contributed by atoms with Crippen LogP contribution in [0.15, 0.2) is 12.2 Å². The Bertz CT molecular complexity index is 296. The minimum atomic E-state index is 0.925. The lowest BCUT2D eigenvalue weighted by Crippen LogP contribution is -2.18. The molecule has 0 aromatic carbocycles. The van der Waals surface area contributed by atoms with Gasteiger partial charge in [0.1, 0.15) is 0 Å². The molecule has 3 aliphatic carbocycles. The quantitative estimate of drug-likeness (QED) is 0.493. The highest BCUT2D eigenvalue weighted by molar-refractivity contribution is 4.95. The van der Waals surface area contributed by atoms with Crippen LogP contribution in [0.4, 0.5) is 0 Å². The second kappa shape index (κ2) is 8.39. The van der Waals surface area contributed by atoms with Crippen molar-refractivity contribution in [1.82, 2.24) is 0 Å². The molecule has 0 heterocycles. The van der Waals surface area contributed by atoms with E-state index in [0.717, 1.165) is 23.7 Å². The van der Waals surface area contributed by atoms with Gasteiger partial charge in [0.2, 0.25) is 0 Å². The molecule has 0 unspecified atom stereocenters. The fourth-order valence-corrected chi connectivity index (χ4v) is 5.15. The summed E-state index contributed by atoms with van der Waals surface area (Å²) >= 11 is 0. The van der Waals surface area contributed by atoms with E-state index >= 15 is 0 Å². The fraction of sp³-hybridized carbons (Fsp3) is 0.905. The molecular formula is C21H36. The molecule has 21 heavy (non-hydrogen) atoms. The van der Waals surface area contributed by atoms with Gasteiger partial charge in [-0.1, -0.05) is 63.5 Å². The van der Waals surface area contributed by atoms with Gasteiger partial charge in [-0.05, 0) is 68.6 Å². The number of hydrogen-bond donors (Lipinski definition) is 0. The minimum absolute atomic E-state index is 0.925. The summed E-state index contributed by atoms with van der Waals surface area (Å²) in [5, 5.41) is 0. The molecular weight excluding hydrogens is 252 g/mol. The monoisotopic (exact) mass is 288 g/mol. The lowest BCUT2D eigenvalue weighted by Gasteiger charge is -2.31. The molecule has 3 rings (SSSR count). The van der Waals surface area contributed by atoms with Crippen molar-refractivity contribution in [3.8, 4) is 0 Å². The molecule has 0 saturated heterocycles. The molecule has 3 saturated carbocycles. The fourth-order valence-electron chi connectivity index (χ4n) is 5.15. The highest BCUT2D eigenvalue weighted by Gasteiger charge is 2.23. The highest BCUT2D eigenvalue weighted by atomic mass is 14.3. The minimum Gasteiger partial charge on any atom is -0.0851 e. The molecule has 0 aliphatic heterocycles. The summed E-state index contributed by atoms with van der Waals surface area (Å²) in [6.45, 7) is 0. The zero-order valence-electron chi connectivity index (χ0n) is 14.1. The second-order valence-electron chi connectivity index (χ2n) is 8.30. The van der Waals surface area contributed by atoms with Crippen LogP contribution in [0, 0.1) is 23.7 Å². The molecule has 3 aliphatic rings. The molecule has 0 N–H and O–H groups in total. The predicted octanol–water partition coefficient (Wildman–Crippen LogP) is 6.90. The Kier molecular flexibility index (Phi) is 6.25. The first-order valence-corrected chi connectivity index (χ1v) is 10.1. The maximum Gasteiger partial charge on any atom is -0.0233 e. The van der Waals surface area contributed by atoms with Gasteiger partial charge in [0.25, 0.3) is 0 Å². The van der Waals surface area contributed by atoms with Gasteiger partial charge >= 0.3 is 0 Å². The van der Waals surface area contributed by atoms with E-state index < -0.39 is 0 Å². The number of rotatable bonds is 4. The van der Waals surface area contributed by atoms with Crippen LogP contribution < -0.4 is 0 Å². The van der Waals surface area contributed by atoms with Crippen molar-refractivity contribution in [3.63, 3.8) is 0 Å². The third-order valence-electron chi connectivity index (χ3n) is 6.59. The van der Waals surface area contributed by atoms with Crippen LogP contribution in [0.3, 0.4) is 0 Å². The molecule has 0 radical (unpaired) electrons. The third kappa shape index (κ3) is 5.15. The van der Waals surface area contributed by atoms with Crippen molar-refractivity contribution in [2.45, 2.75) is 96.3 Å². The zero-order chi connectivity index (χ0) is 14.3. The summed E-state index contributed by atoms with van der Waals surface area (Å²) in [7, 11) is 0. The largest absolute Gasteiger partial charge is 0.0851 e. The Morgan fingerprint density at radius 3 is 1.57 bits per heavy atom. The normalized spacial score (nSPS) is 33.5. The molecule has 0 aromatic heterocycles. The smallest absolute Gasteiger partial charge is 0.0233 e. The van der Waals surface area contributed by atoms with Crippen LogP contribution in [0.25, 0.3) is 0 Å². The SMILES string of the molecule is C(=CC1CCC(CC2CCCCC2)CC1)C1CCCCC1. The Labute approximate surface area is 132 Å². The van der Waals surface area contributed by atoms with E-state index in [1.54, 1.807) is 19.3 Å². The Morgan fingerprint density at radius 2 is 0.952 bits per heavy atom. The number of hydrogen-bond acceptors (Lipinski definition) is 0. The summed E-state index contributed by atoms with van der Waals surface area (Å²) in [4.78, 5) is 0. The van der Waals surface area contributed by atoms with Crippen molar-refractivity contribution in [1.29, 1.82) is 0 Å². The molecule has 3 fully saturated rings. The first kappa shape index (κ1) is 15.6. The Hall–Kier alpha value is -0.260. The standard InChI is InChI=1S/C21H36/c1-3-7-18(8-4-1)11-12-19-13-15-21(16-14-19)17-20-9-5-2-6-10-20/h11-12,18-21H,1-10,13-17H2. The van der Waals surface area contributed by atoms with E-state index in [4.69, 9.17) is 0 Å². The zero-order valence-corrected chi connectivity index (χ0v) is 14.1. The van der Waals surface area contributed by atoms with Crippen molar-refractivity contribution in [2.24, 2.45) is 23.7 Å². The first-order valence-electron chi connectivity index (χ1n) is 10.1. The molecule has 0 atom stereocenters. The maximum atomic E-state index is 2.62. The van der Waals surface area contributed by atoms with Gasteiger partial charge in [0.05, 0.1) is 0 Å². The van der Waals surface area contributed by atoms with E-state index in [1.165, 1.54) is 77.0 Å². The molecule has 0 nitrogen and oxygen atoms in total.